The highest BCUT2D eigenvalue weighted by Gasteiger charge is 2.16. The van der Waals surface area contributed by atoms with Crippen molar-refractivity contribution < 1.29 is 14.3 Å². The van der Waals surface area contributed by atoms with Gasteiger partial charge < -0.3 is 14.8 Å². The third-order valence-corrected chi connectivity index (χ3v) is 4.62. The number of benzene rings is 2. The van der Waals surface area contributed by atoms with Crippen molar-refractivity contribution >= 4 is 5.91 Å². The Bertz CT molecular complexity index is 715. The molecular formula is C21H26N2O3. The molecule has 0 radical (unpaired) electrons. The Morgan fingerprint density at radius 2 is 1.81 bits per heavy atom. The van der Waals surface area contributed by atoms with Crippen LogP contribution in [0.25, 0.3) is 0 Å². The molecule has 1 aliphatic rings. The molecule has 0 aromatic heterocycles. The van der Waals surface area contributed by atoms with Crippen LogP contribution >= 0.6 is 0 Å². The normalized spacial score (nSPS) is 13.7. The fourth-order valence-corrected chi connectivity index (χ4v) is 3.12. The van der Waals surface area contributed by atoms with Gasteiger partial charge in [-0.15, -0.1) is 0 Å². The van der Waals surface area contributed by atoms with Crippen molar-refractivity contribution in [2.45, 2.75) is 19.4 Å². The predicted octanol–water partition coefficient (Wildman–Crippen LogP) is 2.64. The van der Waals surface area contributed by atoms with Crippen LogP contribution < -0.4 is 14.8 Å². The molecule has 5 heteroatoms. The Balaban J connectivity index is 1.31. The molecule has 3 rings (SSSR count). The molecule has 5 nitrogen and oxygen atoms in total. The zero-order valence-corrected chi connectivity index (χ0v) is 15.2. The number of carbonyl (C=O) groups excluding carboxylic acids is 1. The third kappa shape index (κ3) is 5.23. The van der Waals surface area contributed by atoms with Gasteiger partial charge in [-0.05, 0) is 41.8 Å². The summed E-state index contributed by atoms with van der Waals surface area (Å²) in [6.07, 6.45) is 1.58. The summed E-state index contributed by atoms with van der Waals surface area (Å²) in [5.41, 5.74) is 2.82. The van der Waals surface area contributed by atoms with E-state index in [1.165, 1.54) is 11.1 Å². The number of hydrogen-bond acceptors (Lipinski definition) is 4. The lowest BCUT2D eigenvalue weighted by molar-refractivity contribution is -0.121. The number of carbonyl (C=O) groups is 1. The van der Waals surface area contributed by atoms with E-state index in [0.29, 0.717) is 19.6 Å². The number of rotatable bonds is 8. The van der Waals surface area contributed by atoms with Crippen LogP contribution in [0, 0.1) is 0 Å². The minimum atomic E-state index is 0.0715. The summed E-state index contributed by atoms with van der Waals surface area (Å²) in [5.74, 6) is 1.64. The first-order valence-electron chi connectivity index (χ1n) is 9.07. The van der Waals surface area contributed by atoms with E-state index < -0.39 is 0 Å². The monoisotopic (exact) mass is 354 g/mol. The van der Waals surface area contributed by atoms with Crippen molar-refractivity contribution in [3.05, 3.63) is 59.7 Å². The molecule has 0 atom stereocenters. The molecule has 1 amide bonds. The van der Waals surface area contributed by atoms with Crippen molar-refractivity contribution in [1.29, 1.82) is 0 Å². The SMILES string of the molecule is COc1ccc(OCCNC(=O)CCN2CCc3ccccc3C2)cc1. The largest absolute Gasteiger partial charge is 0.497 e. The molecule has 1 N–H and O–H groups in total. The fourth-order valence-electron chi connectivity index (χ4n) is 3.12. The van der Waals surface area contributed by atoms with Crippen LogP contribution in [0.5, 0.6) is 11.5 Å². The molecule has 0 spiro atoms. The van der Waals surface area contributed by atoms with Gasteiger partial charge in [0.2, 0.25) is 5.91 Å². The van der Waals surface area contributed by atoms with Gasteiger partial charge in [-0.3, -0.25) is 9.69 Å². The number of nitrogens with zero attached hydrogens (tertiary/aromatic N) is 1. The molecule has 138 valence electrons. The molecule has 0 fully saturated rings. The first kappa shape index (κ1) is 18.3. The molecular weight excluding hydrogens is 328 g/mol. The first-order valence-corrected chi connectivity index (χ1v) is 9.07. The summed E-state index contributed by atoms with van der Waals surface area (Å²) in [6, 6.07) is 16.0. The van der Waals surface area contributed by atoms with Crippen LogP contribution in [0.3, 0.4) is 0 Å². The van der Waals surface area contributed by atoms with Gasteiger partial charge >= 0.3 is 0 Å². The van der Waals surface area contributed by atoms with Crippen LogP contribution in [-0.2, 0) is 17.8 Å². The highest BCUT2D eigenvalue weighted by molar-refractivity contribution is 5.76. The van der Waals surface area contributed by atoms with Crippen LogP contribution in [0.2, 0.25) is 0 Å². The summed E-state index contributed by atoms with van der Waals surface area (Å²) in [4.78, 5) is 14.4. The highest BCUT2D eigenvalue weighted by atomic mass is 16.5. The number of hydrogen-bond donors (Lipinski definition) is 1. The molecule has 0 saturated heterocycles. The maximum Gasteiger partial charge on any atom is 0.221 e. The van der Waals surface area contributed by atoms with Gasteiger partial charge in [0.05, 0.1) is 13.7 Å². The first-order chi connectivity index (χ1) is 12.7. The minimum absolute atomic E-state index is 0.0715. The molecule has 0 saturated carbocycles. The van der Waals surface area contributed by atoms with E-state index in [-0.39, 0.29) is 5.91 Å². The maximum atomic E-state index is 12.0. The van der Waals surface area contributed by atoms with E-state index in [1.807, 2.05) is 24.3 Å². The molecule has 2 aromatic carbocycles. The summed E-state index contributed by atoms with van der Waals surface area (Å²) < 4.78 is 10.7. The fraction of sp³-hybridized carbons (Fsp3) is 0.381. The van der Waals surface area contributed by atoms with Gasteiger partial charge in [0.25, 0.3) is 0 Å². The lowest BCUT2D eigenvalue weighted by Crippen LogP contribution is -2.35. The van der Waals surface area contributed by atoms with Crippen molar-refractivity contribution in [2.24, 2.45) is 0 Å². The quantitative estimate of drug-likeness (QED) is 0.741. The summed E-state index contributed by atoms with van der Waals surface area (Å²) in [5, 5.41) is 2.92. The Morgan fingerprint density at radius 1 is 1.08 bits per heavy atom. The Morgan fingerprint density at radius 3 is 2.58 bits per heavy atom. The number of ether oxygens (including phenoxy) is 2. The number of methoxy groups -OCH3 is 1. The van der Waals surface area contributed by atoms with E-state index in [4.69, 9.17) is 9.47 Å². The molecule has 26 heavy (non-hydrogen) atoms. The maximum absolute atomic E-state index is 12.0. The predicted molar refractivity (Wildman–Crippen MR) is 102 cm³/mol. The van der Waals surface area contributed by atoms with Gasteiger partial charge in [-0.2, -0.15) is 0 Å². The molecule has 1 heterocycles. The third-order valence-electron chi connectivity index (χ3n) is 4.62. The number of fused-ring (bicyclic) bond motifs is 1. The Labute approximate surface area is 154 Å². The lowest BCUT2D eigenvalue weighted by Gasteiger charge is -2.28. The molecule has 0 unspecified atom stereocenters. The molecule has 1 aliphatic heterocycles. The number of amides is 1. The van der Waals surface area contributed by atoms with Crippen LogP contribution in [-0.4, -0.2) is 44.2 Å². The standard InChI is InChI=1S/C21H26N2O3/c1-25-19-6-8-20(9-7-19)26-15-12-22-21(24)11-14-23-13-10-17-4-2-3-5-18(17)16-23/h2-9H,10-16H2,1H3,(H,22,24). The topological polar surface area (TPSA) is 50.8 Å². The van der Waals surface area contributed by atoms with Crippen molar-refractivity contribution in [3.63, 3.8) is 0 Å². The van der Waals surface area contributed by atoms with E-state index in [2.05, 4.69) is 34.5 Å². The average molecular weight is 354 g/mol. The summed E-state index contributed by atoms with van der Waals surface area (Å²) in [6.45, 7) is 3.71. The smallest absolute Gasteiger partial charge is 0.221 e. The van der Waals surface area contributed by atoms with Gasteiger partial charge in [0.1, 0.15) is 18.1 Å². The summed E-state index contributed by atoms with van der Waals surface area (Å²) in [7, 11) is 1.63. The van der Waals surface area contributed by atoms with Crippen molar-refractivity contribution in [1.82, 2.24) is 10.2 Å². The van der Waals surface area contributed by atoms with E-state index in [9.17, 15) is 4.79 Å². The molecule has 0 bridgehead atoms. The second-order valence-electron chi connectivity index (χ2n) is 6.42. The average Bonchev–Trinajstić information content (AvgIpc) is 2.70. The lowest BCUT2D eigenvalue weighted by atomic mass is 10.00. The van der Waals surface area contributed by atoms with Crippen molar-refractivity contribution in [2.75, 3.05) is 33.4 Å². The zero-order valence-electron chi connectivity index (χ0n) is 15.2. The molecule has 0 aliphatic carbocycles. The Kier molecular flexibility index (Phi) is 6.50. The highest BCUT2D eigenvalue weighted by Crippen LogP contribution is 2.18. The molecule has 2 aromatic rings. The zero-order chi connectivity index (χ0) is 18.2. The minimum Gasteiger partial charge on any atom is -0.497 e. The van der Waals surface area contributed by atoms with Gasteiger partial charge in [0.15, 0.2) is 0 Å². The second-order valence-corrected chi connectivity index (χ2v) is 6.42. The van der Waals surface area contributed by atoms with E-state index >= 15 is 0 Å². The Hall–Kier alpha value is -2.53. The van der Waals surface area contributed by atoms with Gasteiger partial charge in [-0.1, -0.05) is 24.3 Å². The van der Waals surface area contributed by atoms with Crippen LogP contribution in [0.15, 0.2) is 48.5 Å². The van der Waals surface area contributed by atoms with Gasteiger partial charge in [0, 0.05) is 26.1 Å². The van der Waals surface area contributed by atoms with E-state index in [0.717, 1.165) is 37.6 Å². The van der Waals surface area contributed by atoms with Crippen molar-refractivity contribution in [3.8, 4) is 11.5 Å². The van der Waals surface area contributed by atoms with Gasteiger partial charge in [-0.25, -0.2) is 0 Å². The second kappa shape index (κ2) is 9.25. The number of nitrogens with one attached hydrogen (secondary N) is 1. The van der Waals surface area contributed by atoms with Crippen LogP contribution in [0.1, 0.15) is 17.5 Å². The summed E-state index contributed by atoms with van der Waals surface area (Å²) >= 11 is 0. The van der Waals surface area contributed by atoms with E-state index in [1.54, 1.807) is 7.11 Å². The van der Waals surface area contributed by atoms with Crippen LogP contribution in [0.4, 0.5) is 0 Å².